The molecule has 0 bridgehead atoms. The van der Waals surface area contributed by atoms with Gasteiger partial charge in [0.05, 0.1) is 19.3 Å². The van der Waals surface area contributed by atoms with Crippen molar-refractivity contribution in [2.24, 2.45) is 0 Å². The number of aliphatic hydroxyl groups excluding tert-OH is 1. The third kappa shape index (κ3) is 5.85. The Bertz CT molecular complexity index is 275. The molecule has 0 saturated carbocycles. The van der Waals surface area contributed by atoms with Crippen molar-refractivity contribution in [1.82, 2.24) is 0 Å². The van der Waals surface area contributed by atoms with Gasteiger partial charge in [-0.2, -0.15) is 0 Å². The van der Waals surface area contributed by atoms with E-state index < -0.39 is 0 Å². The fourth-order valence-corrected chi connectivity index (χ4v) is 1.38. The Labute approximate surface area is 97.4 Å². The fraction of sp³-hybridized carbons (Fsp3) is 0.538. The lowest BCUT2D eigenvalue weighted by Crippen LogP contribution is -2.90. The van der Waals surface area contributed by atoms with Gasteiger partial charge in [-0.25, -0.2) is 0 Å². The van der Waals surface area contributed by atoms with E-state index >= 15 is 0 Å². The molecule has 1 rings (SSSR count). The minimum Gasteiger partial charge on any atom is -0.385 e. The SMILES string of the molecule is CC(C)[NH2+]CC(O)COCc1ccccc1. The lowest BCUT2D eigenvalue weighted by Gasteiger charge is -2.11. The smallest absolute Gasteiger partial charge is 0.126 e. The summed E-state index contributed by atoms with van der Waals surface area (Å²) in [6, 6.07) is 10.5. The summed E-state index contributed by atoms with van der Waals surface area (Å²) in [4.78, 5) is 0. The number of rotatable bonds is 7. The van der Waals surface area contributed by atoms with Crippen LogP contribution in [0.3, 0.4) is 0 Å². The normalized spacial score (nSPS) is 13.0. The predicted molar refractivity (Wildman–Crippen MR) is 64.0 cm³/mol. The molecule has 1 aromatic carbocycles. The maximum atomic E-state index is 9.62. The zero-order valence-electron chi connectivity index (χ0n) is 10.1. The van der Waals surface area contributed by atoms with Crippen LogP contribution in [0.25, 0.3) is 0 Å². The van der Waals surface area contributed by atoms with Crippen molar-refractivity contribution in [1.29, 1.82) is 0 Å². The van der Waals surface area contributed by atoms with Crippen molar-refractivity contribution in [2.45, 2.75) is 32.6 Å². The molecule has 0 amide bonds. The quantitative estimate of drug-likeness (QED) is 0.710. The highest BCUT2D eigenvalue weighted by atomic mass is 16.5. The monoisotopic (exact) mass is 224 g/mol. The molecule has 3 N–H and O–H groups in total. The van der Waals surface area contributed by atoms with Crippen LogP contribution in [-0.2, 0) is 11.3 Å². The van der Waals surface area contributed by atoms with Crippen LogP contribution in [0.15, 0.2) is 30.3 Å². The second-order valence-corrected chi connectivity index (χ2v) is 4.37. The Kier molecular flexibility index (Phi) is 6.08. The van der Waals surface area contributed by atoms with E-state index in [4.69, 9.17) is 4.74 Å². The molecule has 0 radical (unpaired) electrons. The van der Waals surface area contributed by atoms with Gasteiger partial charge < -0.3 is 15.2 Å². The summed E-state index contributed by atoms with van der Waals surface area (Å²) in [5, 5.41) is 11.7. The lowest BCUT2D eigenvalue weighted by molar-refractivity contribution is -0.688. The molecule has 0 saturated heterocycles. The summed E-state index contributed by atoms with van der Waals surface area (Å²) in [6.07, 6.45) is -0.383. The molecule has 0 fully saturated rings. The summed E-state index contributed by atoms with van der Waals surface area (Å²) in [7, 11) is 0. The van der Waals surface area contributed by atoms with Crippen molar-refractivity contribution in [3.8, 4) is 0 Å². The van der Waals surface area contributed by atoms with Crippen LogP contribution >= 0.6 is 0 Å². The molecule has 1 atom stereocenters. The molecule has 0 aromatic heterocycles. The van der Waals surface area contributed by atoms with Crippen LogP contribution in [0.5, 0.6) is 0 Å². The average molecular weight is 224 g/mol. The van der Waals surface area contributed by atoms with Crippen LogP contribution in [0, 0.1) is 0 Å². The molecule has 0 aliphatic rings. The summed E-state index contributed by atoms with van der Waals surface area (Å²) in [6.45, 7) is 5.89. The third-order valence-corrected chi connectivity index (χ3v) is 2.30. The standard InChI is InChI=1S/C13H21NO2/c1-11(2)14-8-13(15)10-16-9-12-6-4-3-5-7-12/h3-7,11,13-15H,8-10H2,1-2H3/p+1. The summed E-state index contributed by atoms with van der Waals surface area (Å²) >= 11 is 0. The minimum absolute atomic E-state index is 0.383. The second kappa shape index (κ2) is 7.39. The average Bonchev–Trinajstić information content (AvgIpc) is 2.28. The summed E-state index contributed by atoms with van der Waals surface area (Å²) < 4.78 is 5.44. The maximum Gasteiger partial charge on any atom is 0.126 e. The largest absolute Gasteiger partial charge is 0.385 e. The maximum absolute atomic E-state index is 9.62. The molecule has 3 heteroatoms. The van der Waals surface area contributed by atoms with Crippen molar-refractivity contribution in [2.75, 3.05) is 13.2 Å². The minimum atomic E-state index is -0.383. The van der Waals surface area contributed by atoms with E-state index in [0.717, 1.165) is 5.56 Å². The first kappa shape index (κ1) is 13.2. The molecule has 1 unspecified atom stereocenters. The summed E-state index contributed by atoms with van der Waals surface area (Å²) in [5.74, 6) is 0. The second-order valence-electron chi connectivity index (χ2n) is 4.37. The molecule has 0 spiro atoms. The first-order chi connectivity index (χ1) is 7.68. The number of benzene rings is 1. The number of aliphatic hydroxyl groups is 1. The van der Waals surface area contributed by atoms with Crippen LogP contribution < -0.4 is 5.32 Å². The van der Waals surface area contributed by atoms with E-state index in [9.17, 15) is 5.11 Å². The van der Waals surface area contributed by atoms with Crippen molar-refractivity contribution < 1.29 is 15.2 Å². The Balaban J connectivity index is 2.11. The van der Waals surface area contributed by atoms with Gasteiger partial charge in [0, 0.05) is 0 Å². The van der Waals surface area contributed by atoms with Crippen LogP contribution in [0.4, 0.5) is 0 Å². The van der Waals surface area contributed by atoms with E-state index in [0.29, 0.717) is 25.8 Å². The summed E-state index contributed by atoms with van der Waals surface area (Å²) in [5.41, 5.74) is 1.14. The van der Waals surface area contributed by atoms with Crippen molar-refractivity contribution in [3.63, 3.8) is 0 Å². The molecular weight excluding hydrogens is 202 g/mol. The van der Waals surface area contributed by atoms with Crippen molar-refractivity contribution >= 4 is 0 Å². The Morgan fingerprint density at radius 2 is 1.94 bits per heavy atom. The van der Waals surface area contributed by atoms with E-state index in [-0.39, 0.29) is 6.10 Å². The van der Waals surface area contributed by atoms with Gasteiger partial charge in [0.2, 0.25) is 0 Å². The molecule has 0 heterocycles. The Hall–Kier alpha value is -0.900. The highest BCUT2D eigenvalue weighted by Gasteiger charge is 2.07. The van der Waals surface area contributed by atoms with E-state index in [1.54, 1.807) is 0 Å². The first-order valence-corrected chi connectivity index (χ1v) is 5.81. The van der Waals surface area contributed by atoms with Gasteiger partial charge in [-0.05, 0) is 19.4 Å². The first-order valence-electron chi connectivity index (χ1n) is 5.81. The van der Waals surface area contributed by atoms with Gasteiger partial charge in [0.15, 0.2) is 0 Å². The van der Waals surface area contributed by atoms with Gasteiger partial charge in [-0.15, -0.1) is 0 Å². The molecule has 90 valence electrons. The predicted octanol–water partition coefficient (Wildman–Crippen LogP) is 0.536. The molecule has 0 aliphatic carbocycles. The molecular formula is C13H22NO2+. The molecule has 1 aromatic rings. The van der Waals surface area contributed by atoms with Crippen molar-refractivity contribution in [3.05, 3.63) is 35.9 Å². The van der Waals surface area contributed by atoms with Gasteiger partial charge in [0.1, 0.15) is 12.6 Å². The van der Waals surface area contributed by atoms with E-state index in [2.05, 4.69) is 19.2 Å². The van der Waals surface area contributed by atoms with Gasteiger partial charge in [-0.1, -0.05) is 30.3 Å². The zero-order valence-corrected chi connectivity index (χ0v) is 10.1. The van der Waals surface area contributed by atoms with Gasteiger partial charge in [0.25, 0.3) is 0 Å². The number of ether oxygens (including phenoxy) is 1. The number of hydrogen-bond donors (Lipinski definition) is 2. The van der Waals surface area contributed by atoms with Gasteiger partial charge >= 0.3 is 0 Å². The topological polar surface area (TPSA) is 46.1 Å². The lowest BCUT2D eigenvalue weighted by atomic mass is 10.2. The number of hydrogen-bond acceptors (Lipinski definition) is 2. The van der Waals surface area contributed by atoms with E-state index in [1.807, 2.05) is 30.3 Å². The Morgan fingerprint density at radius 3 is 2.56 bits per heavy atom. The zero-order chi connectivity index (χ0) is 11.8. The third-order valence-electron chi connectivity index (χ3n) is 2.30. The van der Waals surface area contributed by atoms with Crippen LogP contribution in [0.2, 0.25) is 0 Å². The fourth-order valence-electron chi connectivity index (χ4n) is 1.38. The Morgan fingerprint density at radius 1 is 1.25 bits per heavy atom. The highest BCUT2D eigenvalue weighted by Crippen LogP contribution is 2.00. The molecule has 3 nitrogen and oxygen atoms in total. The highest BCUT2D eigenvalue weighted by molar-refractivity contribution is 5.13. The molecule has 16 heavy (non-hydrogen) atoms. The van der Waals surface area contributed by atoms with Crippen LogP contribution in [0.1, 0.15) is 19.4 Å². The van der Waals surface area contributed by atoms with Gasteiger partial charge in [-0.3, -0.25) is 0 Å². The molecule has 0 aliphatic heterocycles. The number of nitrogens with two attached hydrogens (primary N) is 1. The van der Waals surface area contributed by atoms with Crippen LogP contribution in [-0.4, -0.2) is 30.4 Å². The van der Waals surface area contributed by atoms with E-state index in [1.165, 1.54) is 0 Å². The number of quaternary nitrogens is 1.